The molecule has 10 heteroatoms. The van der Waals surface area contributed by atoms with E-state index < -0.39 is 7.81 Å². The van der Waals surface area contributed by atoms with Gasteiger partial charge in [-0.2, -0.15) is 0 Å². The Morgan fingerprint density at radius 3 is 1.64 bits per heavy atom. The second-order valence-electron chi connectivity index (χ2n) is 6.13. The molecule has 0 saturated carbocycles. The van der Waals surface area contributed by atoms with Gasteiger partial charge in [0.15, 0.2) is 0 Å². The molecule has 0 aromatic rings. The Hall–Kier alpha value is -0.110. The second kappa shape index (κ2) is 10.9. The zero-order valence-corrected chi connectivity index (χ0v) is 16.4. The molecule has 0 aliphatic rings. The number of ether oxygens (including phenoxy) is 1. The minimum atomic E-state index is -10.7. The van der Waals surface area contributed by atoms with Crippen LogP contribution in [0.25, 0.3) is 0 Å². The monoisotopic (exact) mass is 405 g/mol. The van der Waals surface area contributed by atoms with Crippen LogP contribution in [0.15, 0.2) is 0 Å². The fourth-order valence-corrected chi connectivity index (χ4v) is 2.44. The van der Waals surface area contributed by atoms with Crippen molar-refractivity contribution in [3.63, 3.8) is 0 Å². The van der Waals surface area contributed by atoms with Crippen LogP contribution in [0.1, 0.15) is 52.9 Å². The summed E-state index contributed by atoms with van der Waals surface area (Å²) in [6, 6.07) is 0. The van der Waals surface area contributed by atoms with E-state index >= 15 is 0 Å². The number of unbranched alkanes of at least 4 members (excludes halogenated alkanes) is 4. The molecule has 0 radical (unpaired) electrons. The summed E-state index contributed by atoms with van der Waals surface area (Å²) in [7, 11) is -10.7. The molecule has 0 bridgehead atoms. The maximum absolute atomic E-state index is 10.7. The Bertz CT molecular complexity index is 321. The van der Waals surface area contributed by atoms with E-state index in [-0.39, 0.29) is 6.61 Å². The number of halogens is 6. The van der Waals surface area contributed by atoms with Gasteiger partial charge in [0.05, 0.1) is 39.5 Å². The summed E-state index contributed by atoms with van der Waals surface area (Å²) in [4.78, 5) is 0. The topological polar surface area (TPSA) is 29.5 Å². The Labute approximate surface area is 147 Å². The van der Waals surface area contributed by atoms with Gasteiger partial charge < -0.3 is 14.3 Å². The van der Waals surface area contributed by atoms with Crippen LogP contribution in [0.3, 0.4) is 0 Å². The number of hydrogen-bond donors (Lipinski definition) is 1. The number of hydrogen-bond acceptors (Lipinski definition) is 2. The van der Waals surface area contributed by atoms with E-state index in [1.807, 2.05) is 0 Å². The molecule has 0 aromatic carbocycles. The third-order valence-corrected chi connectivity index (χ3v) is 4.02. The van der Waals surface area contributed by atoms with E-state index in [0.717, 1.165) is 17.6 Å². The predicted octanol–water partition coefficient (Wildman–Crippen LogP) is 6.20. The maximum atomic E-state index is 9.87. The predicted molar refractivity (Wildman–Crippen MR) is 91.3 cm³/mol. The van der Waals surface area contributed by atoms with Gasteiger partial charge in [0.25, 0.3) is 0 Å². The summed E-state index contributed by atoms with van der Waals surface area (Å²) in [5.74, 6) is 0. The van der Waals surface area contributed by atoms with Gasteiger partial charge in [-0.3, -0.25) is 0 Å². The van der Waals surface area contributed by atoms with Crippen LogP contribution in [-0.4, -0.2) is 55.6 Å². The standard InChI is InChI=1S/C15H34NO2.F6P/c1-4-7-8-9-10-11-16(5-2,6-3)12-14-18-15-13-17;1-7(2,3,4,5)6/h17H,4-15H2,1-3H3;/q+1;-1. The Balaban J connectivity index is 0. The first-order valence-corrected chi connectivity index (χ1v) is 10.8. The van der Waals surface area contributed by atoms with Crippen molar-refractivity contribution in [1.82, 2.24) is 0 Å². The van der Waals surface area contributed by atoms with Crippen LogP contribution in [0, 0.1) is 0 Å². The summed E-state index contributed by atoms with van der Waals surface area (Å²) >= 11 is 0. The Kier molecular flexibility index (Phi) is 11.8. The molecule has 0 aliphatic heterocycles. The number of nitrogens with zero attached hydrogens (tertiary/aromatic N) is 1. The molecule has 0 saturated heterocycles. The zero-order valence-electron chi connectivity index (χ0n) is 15.5. The summed E-state index contributed by atoms with van der Waals surface area (Å²) in [5.41, 5.74) is 0. The van der Waals surface area contributed by atoms with Gasteiger partial charge in [0, 0.05) is 0 Å². The van der Waals surface area contributed by atoms with E-state index in [2.05, 4.69) is 20.8 Å². The van der Waals surface area contributed by atoms with Gasteiger partial charge in [-0.25, -0.2) is 0 Å². The fourth-order valence-electron chi connectivity index (χ4n) is 2.44. The molecule has 0 rings (SSSR count). The average molecular weight is 405 g/mol. The average Bonchev–Trinajstić information content (AvgIpc) is 2.46. The molecule has 3 nitrogen and oxygen atoms in total. The summed E-state index contributed by atoms with van der Waals surface area (Å²) in [6.07, 6.45) is 6.77. The van der Waals surface area contributed by atoms with Crippen molar-refractivity contribution in [2.45, 2.75) is 52.9 Å². The van der Waals surface area contributed by atoms with Crippen molar-refractivity contribution < 1.29 is 39.5 Å². The van der Waals surface area contributed by atoms with Gasteiger partial charge in [0.1, 0.15) is 6.54 Å². The van der Waals surface area contributed by atoms with Gasteiger partial charge in [-0.15, -0.1) is 0 Å². The Morgan fingerprint density at radius 2 is 1.24 bits per heavy atom. The van der Waals surface area contributed by atoms with Crippen LogP contribution in [0.2, 0.25) is 0 Å². The minimum absolute atomic E-state index is 0.134. The third kappa shape index (κ3) is 26.2. The zero-order chi connectivity index (χ0) is 20.1. The van der Waals surface area contributed by atoms with E-state index in [4.69, 9.17) is 9.84 Å². The number of rotatable bonds is 13. The normalized spacial score (nSPS) is 15.1. The molecule has 0 spiro atoms. The van der Waals surface area contributed by atoms with Gasteiger partial charge >= 0.3 is 33.0 Å². The first kappa shape index (κ1) is 27.1. The van der Waals surface area contributed by atoms with E-state index in [0.29, 0.717) is 6.61 Å². The molecule has 0 unspecified atom stereocenters. The molecule has 1 N–H and O–H groups in total. The molecule has 0 atom stereocenters. The first-order chi connectivity index (χ1) is 11.2. The molecule has 158 valence electrons. The molecule has 0 heterocycles. The Morgan fingerprint density at radius 1 is 0.760 bits per heavy atom. The summed E-state index contributed by atoms with van der Waals surface area (Å²) < 4.78 is 65.8. The SMILES string of the molecule is CCCCCCC[N+](CC)(CC)CCOCCO.F[P-](F)(F)(F)(F)F. The first-order valence-electron chi connectivity index (χ1n) is 8.79. The summed E-state index contributed by atoms with van der Waals surface area (Å²) in [5, 5.41) is 8.70. The molecule has 0 amide bonds. The quantitative estimate of drug-likeness (QED) is 0.171. The van der Waals surface area contributed by atoms with E-state index in [1.54, 1.807) is 0 Å². The van der Waals surface area contributed by atoms with E-state index in [9.17, 15) is 25.2 Å². The summed E-state index contributed by atoms with van der Waals surface area (Å²) in [6.45, 7) is 12.9. The molecular formula is C15H34F6NO2P. The molecule has 0 aliphatic carbocycles. The van der Waals surface area contributed by atoms with Crippen molar-refractivity contribution >= 4 is 7.81 Å². The van der Waals surface area contributed by atoms with Crippen molar-refractivity contribution in [2.24, 2.45) is 0 Å². The molecule has 0 fully saturated rings. The van der Waals surface area contributed by atoms with Crippen LogP contribution in [0.5, 0.6) is 0 Å². The number of quaternary nitrogens is 1. The van der Waals surface area contributed by atoms with Crippen molar-refractivity contribution in [1.29, 1.82) is 0 Å². The molecular weight excluding hydrogens is 371 g/mol. The van der Waals surface area contributed by atoms with Gasteiger partial charge in [-0.1, -0.05) is 26.2 Å². The number of likely N-dealkylation sites (N-methyl/N-ethyl adjacent to an activating group) is 1. The number of aliphatic hydroxyl groups excluding tert-OH is 1. The van der Waals surface area contributed by atoms with Crippen LogP contribution >= 0.6 is 7.81 Å². The molecule has 0 aromatic heterocycles. The van der Waals surface area contributed by atoms with Crippen molar-refractivity contribution in [2.75, 3.05) is 46.0 Å². The van der Waals surface area contributed by atoms with Crippen LogP contribution in [0.4, 0.5) is 25.2 Å². The van der Waals surface area contributed by atoms with Crippen LogP contribution in [-0.2, 0) is 4.74 Å². The van der Waals surface area contributed by atoms with Crippen molar-refractivity contribution in [3.05, 3.63) is 0 Å². The van der Waals surface area contributed by atoms with Crippen LogP contribution < -0.4 is 0 Å². The van der Waals surface area contributed by atoms with Gasteiger partial charge in [-0.05, 0) is 26.7 Å². The second-order valence-corrected chi connectivity index (χ2v) is 8.05. The third-order valence-electron chi connectivity index (χ3n) is 4.02. The number of aliphatic hydroxyl groups is 1. The van der Waals surface area contributed by atoms with Gasteiger partial charge in [0.2, 0.25) is 0 Å². The molecule has 25 heavy (non-hydrogen) atoms. The van der Waals surface area contributed by atoms with Crippen molar-refractivity contribution in [3.8, 4) is 0 Å². The van der Waals surface area contributed by atoms with E-state index in [1.165, 1.54) is 51.7 Å². The fraction of sp³-hybridized carbons (Fsp3) is 1.00.